The van der Waals surface area contributed by atoms with Crippen LogP contribution < -0.4 is 4.90 Å². The first-order chi connectivity index (χ1) is 8.49. The van der Waals surface area contributed by atoms with Crippen molar-refractivity contribution in [3.8, 4) is 0 Å². The van der Waals surface area contributed by atoms with Gasteiger partial charge in [0.1, 0.15) is 5.78 Å². The summed E-state index contributed by atoms with van der Waals surface area (Å²) >= 11 is 0. The minimum atomic E-state index is -0.162. The molecule has 0 aromatic heterocycles. The number of benzene rings is 1. The molecule has 18 heavy (non-hydrogen) atoms. The molecule has 0 saturated carbocycles. The molecular weight excluding hydrogens is 230 g/mol. The van der Waals surface area contributed by atoms with Crippen molar-refractivity contribution in [3.63, 3.8) is 0 Å². The van der Waals surface area contributed by atoms with Gasteiger partial charge in [-0.25, -0.2) is 0 Å². The summed E-state index contributed by atoms with van der Waals surface area (Å²) in [6, 6.07) is 5.25. The molecule has 0 bridgehead atoms. The van der Waals surface area contributed by atoms with Crippen molar-refractivity contribution in [1.29, 1.82) is 0 Å². The summed E-state index contributed by atoms with van der Waals surface area (Å²) in [6.45, 7) is 1.41. The summed E-state index contributed by atoms with van der Waals surface area (Å²) in [5, 5.41) is 0. The van der Waals surface area contributed by atoms with Gasteiger partial charge in [0, 0.05) is 24.7 Å². The lowest BCUT2D eigenvalue weighted by Gasteiger charge is -2.25. The Labute approximate surface area is 106 Å². The highest BCUT2D eigenvalue weighted by atomic mass is 16.2. The maximum Gasteiger partial charge on any atom is 0.227 e. The van der Waals surface area contributed by atoms with E-state index in [9.17, 15) is 14.4 Å². The Morgan fingerprint density at radius 1 is 1.28 bits per heavy atom. The molecule has 0 unspecified atom stereocenters. The largest absolute Gasteiger partial charge is 0.315 e. The van der Waals surface area contributed by atoms with Gasteiger partial charge in [-0.2, -0.15) is 0 Å². The number of hydrogen-bond donors (Lipinski definition) is 0. The number of hydrogen-bond acceptors (Lipinski definition) is 3. The van der Waals surface area contributed by atoms with Gasteiger partial charge < -0.3 is 4.90 Å². The lowest BCUT2D eigenvalue weighted by Crippen LogP contribution is -2.31. The maximum absolute atomic E-state index is 11.8. The van der Waals surface area contributed by atoms with Gasteiger partial charge in [0.05, 0.1) is 6.42 Å². The topological polar surface area (TPSA) is 54.5 Å². The molecule has 0 spiro atoms. The molecule has 2 rings (SSSR count). The highest BCUT2D eigenvalue weighted by Crippen LogP contribution is 2.27. The Morgan fingerprint density at radius 3 is 2.67 bits per heavy atom. The van der Waals surface area contributed by atoms with Gasteiger partial charge in [0.25, 0.3) is 0 Å². The number of carbonyl (C=O) groups is 3. The van der Waals surface area contributed by atoms with Crippen LogP contribution in [0.15, 0.2) is 18.2 Å². The molecule has 94 valence electrons. The van der Waals surface area contributed by atoms with Crippen LogP contribution >= 0.6 is 0 Å². The Hall–Kier alpha value is -1.97. The molecule has 4 heteroatoms. The lowest BCUT2D eigenvalue weighted by molar-refractivity contribution is -0.118. The predicted molar refractivity (Wildman–Crippen MR) is 67.8 cm³/mol. The zero-order valence-electron chi connectivity index (χ0n) is 10.5. The number of fused-ring (bicyclic) bond motifs is 1. The van der Waals surface area contributed by atoms with E-state index in [-0.39, 0.29) is 23.9 Å². The second-order valence-electron chi connectivity index (χ2n) is 4.60. The van der Waals surface area contributed by atoms with E-state index in [0.717, 1.165) is 11.3 Å². The molecule has 0 N–H and O–H groups in total. The van der Waals surface area contributed by atoms with Gasteiger partial charge in [-0.05, 0) is 37.1 Å². The van der Waals surface area contributed by atoms with E-state index in [1.54, 1.807) is 30.1 Å². The van der Waals surface area contributed by atoms with Gasteiger partial charge in [-0.15, -0.1) is 0 Å². The monoisotopic (exact) mass is 245 g/mol. The Morgan fingerprint density at radius 2 is 2.00 bits per heavy atom. The van der Waals surface area contributed by atoms with E-state index in [4.69, 9.17) is 0 Å². The molecule has 1 heterocycles. The zero-order valence-corrected chi connectivity index (χ0v) is 10.5. The number of aryl methyl sites for hydroxylation is 1. The van der Waals surface area contributed by atoms with E-state index < -0.39 is 0 Å². The van der Waals surface area contributed by atoms with Gasteiger partial charge >= 0.3 is 0 Å². The molecule has 1 amide bonds. The number of amides is 1. The third-order valence-corrected chi connectivity index (χ3v) is 3.15. The van der Waals surface area contributed by atoms with Crippen LogP contribution in [-0.4, -0.2) is 24.5 Å². The van der Waals surface area contributed by atoms with Crippen molar-refractivity contribution >= 4 is 23.2 Å². The number of nitrogens with zero attached hydrogens (tertiary/aromatic N) is 1. The van der Waals surface area contributed by atoms with Crippen molar-refractivity contribution < 1.29 is 14.4 Å². The smallest absolute Gasteiger partial charge is 0.227 e. The fourth-order valence-electron chi connectivity index (χ4n) is 2.16. The fraction of sp³-hybridized carbons (Fsp3) is 0.357. The normalized spacial score (nSPS) is 14.3. The Kier molecular flexibility index (Phi) is 3.28. The van der Waals surface area contributed by atoms with Crippen molar-refractivity contribution in [1.82, 2.24) is 0 Å². The van der Waals surface area contributed by atoms with Crippen LogP contribution in [0.2, 0.25) is 0 Å². The average Bonchev–Trinajstić information content (AvgIpc) is 2.32. The summed E-state index contributed by atoms with van der Waals surface area (Å²) in [5.74, 6) is -0.208. The summed E-state index contributed by atoms with van der Waals surface area (Å²) in [5.41, 5.74) is 2.39. The van der Waals surface area contributed by atoms with E-state index in [2.05, 4.69) is 0 Å². The fourth-order valence-corrected chi connectivity index (χ4v) is 2.16. The number of anilines is 1. The molecule has 1 aromatic rings. The maximum atomic E-state index is 11.8. The van der Waals surface area contributed by atoms with Gasteiger partial charge in [-0.1, -0.05) is 0 Å². The van der Waals surface area contributed by atoms with Crippen molar-refractivity contribution in [3.05, 3.63) is 29.3 Å². The first kappa shape index (κ1) is 12.5. The van der Waals surface area contributed by atoms with Crippen LogP contribution in [0.3, 0.4) is 0 Å². The van der Waals surface area contributed by atoms with Crippen LogP contribution in [0.5, 0.6) is 0 Å². The van der Waals surface area contributed by atoms with Gasteiger partial charge in [0.2, 0.25) is 5.91 Å². The highest BCUT2D eigenvalue weighted by molar-refractivity contribution is 6.08. The highest BCUT2D eigenvalue weighted by Gasteiger charge is 2.21. The third-order valence-electron chi connectivity index (χ3n) is 3.15. The summed E-state index contributed by atoms with van der Waals surface area (Å²) in [6.07, 6.45) is 1.06. The average molecular weight is 245 g/mol. The second-order valence-corrected chi connectivity index (χ2v) is 4.60. The molecule has 0 radical (unpaired) electrons. The molecule has 1 aliphatic heterocycles. The van der Waals surface area contributed by atoms with Gasteiger partial charge in [0.15, 0.2) is 5.78 Å². The number of carbonyl (C=O) groups excluding carboxylic acids is 3. The molecule has 1 aromatic carbocycles. The van der Waals surface area contributed by atoms with Crippen molar-refractivity contribution in [2.45, 2.75) is 26.2 Å². The minimum Gasteiger partial charge on any atom is -0.315 e. The first-order valence-electron chi connectivity index (χ1n) is 5.91. The molecular formula is C14H15NO3. The van der Waals surface area contributed by atoms with Crippen molar-refractivity contribution in [2.75, 3.05) is 11.9 Å². The molecule has 4 nitrogen and oxygen atoms in total. The first-order valence-corrected chi connectivity index (χ1v) is 5.91. The van der Waals surface area contributed by atoms with Gasteiger partial charge in [-0.3, -0.25) is 14.4 Å². The van der Waals surface area contributed by atoms with E-state index >= 15 is 0 Å². The summed E-state index contributed by atoms with van der Waals surface area (Å²) in [4.78, 5) is 35.9. The zero-order chi connectivity index (χ0) is 13.3. The number of rotatable bonds is 3. The van der Waals surface area contributed by atoms with Crippen LogP contribution in [0.1, 0.15) is 35.7 Å². The molecule has 0 saturated heterocycles. The number of ketones is 2. The van der Waals surface area contributed by atoms with Crippen LogP contribution in [0.25, 0.3) is 0 Å². The lowest BCUT2D eigenvalue weighted by atomic mass is 9.96. The van der Waals surface area contributed by atoms with E-state index in [1.165, 1.54) is 6.92 Å². The van der Waals surface area contributed by atoms with Crippen LogP contribution in [0, 0.1) is 0 Å². The molecule has 0 fully saturated rings. The summed E-state index contributed by atoms with van der Waals surface area (Å²) in [7, 11) is 1.73. The molecule has 0 aliphatic carbocycles. The second kappa shape index (κ2) is 4.72. The van der Waals surface area contributed by atoms with Crippen LogP contribution in [0.4, 0.5) is 5.69 Å². The predicted octanol–water partition coefficient (Wildman–Crippen LogP) is 1.76. The molecule has 0 atom stereocenters. The Balaban J connectivity index is 2.31. The number of Topliss-reactive ketones (excluding diaryl/α,β-unsaturated/α-hetero) is 2. The quantitative estimate of drug-likeness (QED) is 0.602. The third kappa shape index (κ3) is 2.32. The van der Waals surface area contributed by atoms with Crippen LogP contribution in [-0.2, 0) is 16.0 Å². The summed E-state index contributed by atoms with van der Waals surface area (Å²) < 4.78 is 0. The SMILES string of the molecule is CC(=O)CC(=O)c1ccc2c(c1)CCC(=O)N2C. The standard InChI is InChI=1S/C14H15NO3/c1-9(16)7-13(17)11-3-5-12-10(8-11)4-6-14(18)15(12)2/h3,5,8H,4,6-7H2,1-2H3. The molecule has 1 aliphatic rings. The minimum absolute atomic E-state index is 0.0619. The van der Waals surface area contributed by atoms with E-state index in [0.29, 0.717) is 18.4 Å². The Bertz CT molecular complexity index is 534. The van der Waals surface area contributed by atoms with E-state index in [1.807, 2.05) is 0 Å². The van der Waals surface area contributed by atoms with Crippen molar-refractivity contribution in [2.24, 2.45) is 0 Å².